The second-order valence-electron chi connectivity index (χ2n) is 6.04. The number of aromatic nitrogens is 2. The van der Waals surface area contributed by atoms with Crippen molar-refractivity contribution in [3.8, 4) is 5.75 Å². The van der Waals surface area contributed by atoms with Crippen LogP contribution in [0.2, 0.25) is 5.28 Å². The van der Waals surface area contributed by atoms with Crippen molar-refractivity contribution in [3.05, 3.63) is 87.0 Å². The smallest absolute Gasteiger partial charge is 0.224 e. The number of rotatable bonds is 5. The zero-order valence-electron chi connectivity index (χ0n) is 14.9. The first-order valence-corrected chi connectivity index (χ1v) is 9.90. The molecule has 0 aliphatic rings. The third kappa shape index (κ3) is 5.26. The molecule has 0 radical (unpaired) electrons. The number of hydrogen-bond donors (Lipinski definition) is 1. The van der Waals surface area contributed by atoms with Gasteiger partial charge in [-0.3, -0.25) is 0 Å². The number of anilines is 2. The van der Waals surface area contributed by atoms with Crippen molar-refractivity contribution in [2.24, 2.45) is 0 Å². The Morgan fingerprint density at radius 2 is 1.83 bits per heavy atom. The number of hydrogen-bond acceptors (Lipinski definition) is 4. The Morgan fingerprint density at radius 3 is 2.66 bits per heavy atom. The maximum absolute atomic E-state index is 13.4. The molecule has 148 valence electrons. The minimum Gasteiger partial charge on any atom is -0.487 e. The average molecular weight is 542 g/mol. The molecule has 3 aromatic carbocycles. The highest BCUT2D eigenvalue weighted by atomic mass is 127. The predicted octanol–water partition coefficient (Wildman–Crippen LogP) is 6.77. The molecule has 0 aliphatic heterocycles. The van der Waals surface area contributed by atoms with E-state index < -0.39 is 0 Å². The highest BCUT2D eigenvalue weighted by molar-refractivity contribution is 14.1. The van der Waals surface area contributed by atoms with E-state index in [1.807, 2.05) is 48.5 Å². The van der Waals surface area contributed by atoms with Crippen LogP contribution in [0.25, 0.3) is 10.9 Å². The molecule has 0 unspecified atom stereocenters. The van der Waals surface area contributed by atoms with Gasteiger partial charge < -0.3 is 10.1 Å². The number of ether oxygens (including phenoxy) is 1. The van der Waals surface area contributed by atoms with Crippen LogP contribution in [-0.2, 0) is 6.61 Å². The minimum atomic E-state index is -0.288. The monoisotopic (exact) mass is 541 g/mol. The summed E-state index contributed by atoms with van der Waals surface area (Å²) in [6.45, 7) is 0.250. The summed E-state index contributed by atoms with van der Waals surface area (Å²) in [6.07, 6.45) is 0. The zero-order valence-corrected chi connectivity index (χ0v) is 18.6. The zero-order chi connectivity index (χ0) is 19.5. The molecule has 0 aliphatic carbocycles. The second kappa shape index (κ2) is 9.56. The summed E-state index contributed by atoms with van der Waals surface area (Å²) >= 11 is 8.34. The lowest BCUT2D eigenvalue weighted by Crippen LogP contribution is -2.02. The van der Waals surface area contributed by atoms with E-state index in [1.165, 1.54) is 12.1 Å². The topological polar surface area (TPSA) is 47.0 Å². The third-order valence-corrected chi connectivity index (χ3v) is 4.89. The van der Waals surface area contributed by atoms with Crippen LogP contribution in [0.1, 0.15) is 5.56 Å². The summed E-state index contributed by atoms with van der Waals surface area (Å²) in [4.78, 5) is 8.61. The van der Waals surface area contributed by atoms with E-state index in [0.29, 0.717) is 11.6 Å². The summed E-state index contributed by atoms with van der Waals surface area (Å²) in [6, 6.07) is 19.7. The van der Waals surface area contributed by atoms with Gasteiger partial charge in [-0.15, -0.1) is 12.4 Å². The Labute approximate surface area is 192 Å². The van der Waals surface area contributed by atoms with Crippen LogP contribution in [0.3, 0.4) is 0 Å². The molecule has 0 atom stereocenters. The van der Waals surface area contributed by atoms with Gasteiger partial charge in [0.1, 0.15) is 24.0 Å². The number of halogens is 4. The Kier molecular flexibility index (Phi) is 7.10. The first-order chi connectivity index (χ1) is 13.6. The molecule has 1 aromatic heterocycles. The molecule has 1 heterocycles. The van der Waals surface area contributed by atoms with Crippen molar-refractivity contribution in [1.29, 1.82) is 0 Å². The van der Waals surface area contributed by atoms with Gasteiger partial charge in [-0.2, -0.15) is 4.98 Å². The second-order valence-corrected chi connectivity index (χ2v) is 7.63. The Balaban J connectivity index is 0.00000240. The normalized spacial score (nSPS) is 10.4. The van der Waals surface area contributed by atoms with Gasteiger partial charge in [0.05, 0.1) is 11.2 Å². The average Bonchev–Trinajstić information content (AvgIpc) is 2.68. The number of nitrogens with zero attached hydrogens (tertiary/aromatic N) is 2. The van der Waals surface area contributed by atoms with Gasteiger partial charge in [-0.05, 0) is 82.2 Å². The highest BCUT2D eigenvalue weighted by Gasteiger charge is 2.11. The Bertz CT molecular complexity index is 1160. The van der Waals surface area contributed by atoms with Gasteiger partial charge in [0.2, 0.25) is 5.28 Å². The van der Waals surface area contributed by atoms with Crippen LogP contribution < -0.4 is 10.1 Å². The quantitative estimate of drug-likeness (QED) is 0.224. The fourth-order valence-corrected chi connectivity index (χ4v) is 3.45. The van der Waals surface area contributed by atoms with Gasteiger partial charge in [-0.25, -0.2) is 9.37 Å². The fraction of sp³-hybridized carbons (Fsp3) is 0.0476. The Hall–Kier alpha value is -2.16. The Morgan fingerprint density at radius 1 is 1.00 bits per heavy atom. The van der Waals surface area contributed by atoms with Crippen molar-refractivity contribution in [3.63, 3.8) is 0 Å². The van der Waals surface area contributed by atoms with Gasteiger partial charge in [-0.1, -0.05) is 24.3 Å². The largest absolute Gasteiger partial charge is 0.487 e. The van der Waals surface area contributed by atoms with E-state index in [1.54, 1.807) is 6.07 Å². The van der Waals surface area contributed by atoms with Crippen LogP contribution in [0.5, 0.6) is 5.75 Å². The lowest BCUT2D eigenvalue weighted by Gasteiger charge is -2.14. The molecule has 1 N–H and O–H groups in total. The first-order valence-electron chi connectivity index (χ1n) is 8.44. The minimum absolute atomic E-state index is 0. The van der Waals surface area contributed by atoms with Crippen LogP contribution in [0.4, 0.5) is 15.9 Å². The van der Waals surface area contributed by atoms with Crippen molar-refractivity contribution < 1.29 is 9.13 Å². The summed E-state index contributed by atoms with van der Waals surface area (Å²) in [5, 5.41) is 4.31. The van der Waals surface area contributed by atoms with Gasteiger partial charge in [0.25, 0.3) is 0 Å². The van der Waals surface area contributed by atoms with Gasteiger partial charge in [0.15, 0.2) is 0 Å². The summed E-state index contributed by atoms with van der Waals surface area (Å²) in [7, 11) is 0. The van der Waals surface area contributed by atoms with Gasteiger partial charge >= 0.3 is 0 Å². The molecule has 0 saturated carbocycles. The number of nitrogens with one attached hydrogen (secondary N) is 1. The molecule has 0 spiro atoms. The molecular formula is C21H15Cl2FIN3O. The molecule has 4 rings (SSSR count). The van der Waals surface area contributed by atoms with E-state index in [9.17, 15) is 4.39 Å². The van der Waals surface area contributed by atoms with Crippen molar-refractivity contribution in [2.75, 3.05) is 5.32 Å². The maximum atomic E-state index is 13.4. The molecular weight excluding hydrogens is 527 g/mol. The van der Waals surface area contributed by atoms with Crippen molar-refractivity contribution in [2.45, 2.75) is 6.61 Å². The molecule has 8 heteroatoms. The third-order valence-electron chi connectivity index (χ3n) is 4.05. The van der Waals surface area contributed by atoms with E-state index >= 15 is 0 Å². The molecule has 0 bridgehead atoms. The summed E-state index contributed by atoms with van der Waals surface area (Å²) in [5.41, 5.74) is 2.23. The number of benzene rings is 3. The molecule has 0 amide bonds. The van der Waals surface area contributed by atoms with E-state index in [-0.39, 0.29) is 30.1 Å². The summed E-state index contributed by atoms with van der Waals surface area (Å²) in [5.74, 6) is 0.930. The molecule has 4 nitrogen and oxygen atoms in total. The standard InChI is InChI=1S/C21H14ClFIN3O.ClH/c22-21-26-17-9-8-15(24)11-16(17)20(27-21)25-18-6-1-2-7-19(18)28-12-13-4-3-5-14(23)10-13;/h1-11H,12H2,(H,25,26,27);1H. The predicted molar refractivity (Wildman–Crippen MR) is 125 cm³/mol. The molecule has 0 saturated heterocycles. The van der Waals surface area contributed by atoms with E-state index in [2.05, 4.69) is 37.9 Å². The fourth-order valence-electron chi connectivity index (χ4n) is 2.78. The van der Waals surface area contributed by atoms with E-state index in [4.69, 9.17) is 16.3 Å². The van der Waals surface area contributed by atoms with Crippen LogP contribution >= 0.6 is 46.6 Å². The van der Waals surface area contributed by atoms with Crippen molar-refractivity contribution in [1.82, 2.24) is 9.97 Å². The lowest BCUT2D eigenvalue weighted by atomic mass is 10.2. The SMILES string of the molecule is Cl.Fc1cccc(COc2ccccc2Nc2nc(Cl)nc3ccc(I)cc23)c1. The van der Waals surface area contributed by atoms with Crippen LogP contribution in [0, 0.1) is 9.39 Å². The molecule has 4 aromatic rings. The highest BCUT2D eigenvalue weighted by Crippen LogP contribution is 2.31. The van der Waals surface area contributed by atoms with Gasteiger partial charge in [0, 0.05) is 8.96 Å². The van der Waals surface area contributed by atoms with E-state index in [0.717, 1.165) is 25.7 Å². The lowest BCUT2D eigenvalue weighted by molar-refractivity contribution is 0.307. The van der Waals surface area contributed by atoms with Crippen LogP contribution in [-0.4, -0.2) is 9.97 Å². The van der Waals surface area contributed by atoms with Crippen LogP contribution in [0.15, 0.2) is 66.7 Å². The number of fused-ring (bicyclic) bond motifs is 1. The first kappa shape index (κ1) is 21.5. The summed E-state index contributed by atoms with van der Waals surface area (Å²) < 4.78 is 20.4. The molecule has 29 heavy (non-hydrogen) atoms. The van der Waals surface area contributed by atoms with Crippen molar-refractivity contribution >= 4 is 69.0 Å². The number of para-hydroxylation sites is 2. The molecule has 0 fully saturated rings. The maximum Gasteiger partial charge on any atom is 0.224 e.